The second-order valence-electron chi connectivity index (χ2n) is 9.11. The zero-order valence-electron chi connectivity index (χ0n) is 19.0. The first kappa shape index (κ1) is 21.5. The van der Waals surface area contributed by atoms with E-state index < -0.39 is 5.60 Å². The number of rotatable bonds is 5. The van der Waals surface area contributed by atoms with Gasteiger partial charge in [-0.25, -0.2) is 4.79 Å². The van der Waals surface area contributed by atoms with Gasteiger partial charge in [0.25, 0.3) is 0 Å². The predicted molar refractivity (Wildman–Crippen MR) is 126 cm³/mol. The minimum absolute atomic E-state index is 0.160. The van der Waals surface area contributed by atoms with Gasteiger partial charge in [-0.05, 0) is 53.1 Å². The van der Waals surface area contributed by atoms with Crippen LogP contribution in [-0.2, 0) is 16.9 Å². The van der Waals surface area contributed by atoms with Crippen LogP contribution in [0.4, 0.5) is 4.79 Å². The number of ether oxygens (including phenoxy) is 2. The maximum atomic E-state index is 13.0. The van der Waals surface area contributed by atoms with Gasteiger partial charge in [0.05, 0.1) is 12.7 Å². The minimum Gasteiger partial charge on any atom is -0.497 e. The van der Waals surface area contributed by atoms with E-state index in [9.17, 15) is 9.90 Å². The van der Waals surface area contributed by atoms with Crippen LogP contribution in [0.1, 0.15) is 46.9 Å². The summed E-state index contributed by atoms with van der Waals surface area (Å²) >= 11 is 0. The molecule has 2 bridgehead atoms. The lowest BCUT2D eigenvalue weighted by atomic mass is 9.55. The van der Waals surface area contributed by atoms with Crippen LogP contribution >= 0.6 is 0 Å². The molecule has 1 saturated carbocycles. The highest BCUT2D eigenvalue weighted by molar-refractivity contribution is 5.68. The summed E-state index contributed by atoms with van der Waals surface area (Å²) in [4.78, 5) is 14.7. The lowest BCUT2D eigenvalue weighted by molar-refractivity contribution is -0.0707. The standard InChI is InChI=1S/C28H29NO4/c1-29(27(30)33-18-19-8-4-3-5-9-19)25-16-20-17-28(31,21-12-14-22(32-2)15-13-21)26(25)24-11-7-6-10-23(20)24/h3-15,20,25-26,31H,16-18H2,1-2H3/t20-,25-,26+,28+/m0/s1. The van der Waals surface area contributed by atoms with Crippen molar-refractivity contribution in [2.45, 2.75) is 42.9 Å². The van der Waals surface area contributed by atoms with E-state index in [0.29, 0.717) is 6.42 Å². The fourth-order valence-electron chi connectivity index (χ4n) is 5.71. The molecule has 1 amide bonds. The normalized spacial score (nSPS) is 25.2. The van der Waals surface area contributed by atoms with Gasteiger partial charge in [0.2, 0.25) is 0 Å². The number of hydrogen-bond donors (Lipinski definition) is 1. The van der Waals surface area contributed by atoms with Gasteiger partial charge < -0.3 is 19.5 Å². The molecule has 0 aliphatic heterocycles. The monoisotopic (exact) mass is 443 g/mol. The van der Waals surface area contributed by atoms with Crippen molar-refractivity contribution in [2.24, 2.45) is 0 Å². The van der Waals surface area contributed by atoms with Crippen molar-refractivity contribution >= 4 is 6.09 Å². The first-order chi connectivity index (χ1) is 16.0. The van der Waals surface area contributed by atoms with Crippen LogP contribution in [-0.4, -0.2) is 36.3 Å². The first-order valence-electron chi connectivity index (χ1n) is 11.4. The minimum atomic E-state index is -1.08. The molecular weight excluding hydrogens is 414 g/mol. The van der Waals surface area contributed by atoms with Gasteiger partial charge in [-0.1, -0.05) is 66.7 Å². The van der Waals surface area contributed by atoms with Crippen molar-refractivity contribution < 1.29 is 19.4 Å². The molecule has 0 spiro atoms. The molecule has 5 heteroatoms. The average molecular weight is 444 g/mol. The molecule has 5 nitrogen and oxygen atoms in total. The first-order valence-corrected chi connectivity index (χ1v) is 11.4. The number of likely N-dealkylation sites (N-methyl/N-ethyl adjacent to an activating group) is 1. The zero-order valence-corrected chi connectivity index (χ0v) is 19.0. The molecule has 0 aromatic heterocycles. The number of benzene rings is 3. The Morgan fingerprint density at radius 1 is 1.00 bits per heavy atom. The second kappa shape index (κ2) is 8.56. The zero-order chi connectivity index (χ0) is 23.0. The Labute approximate surface area is 194 Å². The second-order valence-corrected chi connectivity index (χ2v) is 9.11. The van der Waals surface area contributed by atoms with E-state index in [0.717, 1.165) is 28.9 Å². The lowest BCUT2D eigenvalue weighted by Crippen LogP contribution is -2.56. The van der Waals surface area contributed by atoms with Crippen LogP contribution in [0.25, 0.3) is 0 Å². The molecule has 0 heterocycles. The Morgan fingerprint density at radius 2 is 1.67 bits per heavy atom. The number of amides is 1. The molecule has 33 heavy (non-hydrogen) atoms. The van der Waals surface area contributed by atoms with Crippen molar-refractivity contribution in [2.75, 3.05) is 14.2 Å². The molecule has 4 atom stereocenters. The highest BCUT2D eigenvalue weighted by Gasteiger charge is 2.56. The number of nitrogens with zero attached hydrogens (tertiary/aromatic N) is 1. The average Bonchev–Trinajstić information content (AvgIpc) is 2.87. The highest BCUT2D eigenvalue weighted by atomic mass is 16.6. The fourth-order valence-corrected chi connectivity index (χ4v) is 5.71. The van der Waals surface area contributed by atoms with E-state index in [-0.39, 0.29) is 30.6 Å². The molecule has 3 aliphatic rings. The number of fused-ring (bicyclic) bond motifs is 2. The Balaban J connectivity index is 1.46. The van der Waals surface area contributed by atoms with Crippen LogP contribution in [0.2, 0.25) is 0 Å². The molecule has 170 valence electrons. The third-order valence-electron chi connectivity index (χ3n) is 7.33. The van der Waals surface area contributed by atoms with Crippen LogP contribution < -0.4 is 4.74 Å². The topological polar surface area (TPSA) is 59.0 Å². The van der Waals surface area contributed by atoms with Gasteiger partial charge in [-0.2, -0.15) is 0 Å². The van der Waals surface area contributed by atoms with Gasteiger partial charge >= 0.3 is 6.09 Å². The third kappa shape index (κ3) is 3.76. The molecule has 0 radical (unpaired) electrons. The van der Waals surface area contributed by atoms with Crippen LogP contribution in [0.15, 0.2) is 78.9 Å². The smallest absolute Gasteiger partial charge is 0.410 e. The summed E-state index contributed by atoms with van der Waals surface area (Å²) in [6, 6.07) is 25.5. The Kier molecular flexibility index (Phi) is 5.59. The number of carbonyl (C=O) groups is 1. The van der Waals surface area contributed by atoms with E-state index in [1.807, 2.05) is 60.7 Å². The molecule has 0 saturated heterocycles. The van der Waals surface area contributed by atoms with Crippen molar-refractivity contribution in [1.82, 2.24) is 4.90 Å². The number of hydrogen-bond acceptors (Lipinski definition) is 4. The SMILES string of the molecule is COc1ccc([C@]2(O)C[C@@H]3C[C@H](N(C)C(=O)OCc4ccccc4)[C@H]2c2ccccc23)cc1. The molecule has 0 unspecified atom stereocenters. The Morgan fingerprint density at radius 3 is 2.36 bits per heavy atom. The van der Waals surface area contributed by atoms with Gasteiger partial charge in [0, 0.05) is 19.0 Å². The molecular formula is C28H29NO4. The molecule has 1 fully saturated rings. The molecule has 3 aliphatic carbocycles. The van der Waals surface area contributed by atoms with Crippen LogP contribution in [0.3, 0.4) is 0 Å². The summed E-state index contributed by atoms with van der Waals surface area (Å²) in [5, 5.41) is 12.1. The maximum absolute atomic E-state index is 13.0. The van der Waals surface area contributed by atoms with Crippen LogP contribution in [0, 0.1) is 0 Å². The van der Waals surface area contributed by atoms with Gasteiger partial charge in [-0.3, -0.25) is 0 Å². The Hall–Kier alpha value is -3.31. The molecule has 3 aromatic rings. The number of methoxy groups -OCH3 is 1. The maximum Gasteiger partial charge on any atom is 0.410 e. The summed E-state index contributed by atoms with van der Waals surface area (Å²) in [7, 11) is 3.42. The molecule has 1 N–H and O–H groups in total. The number of aliphatic hydroxyl groups is 1. The summed E-state index contributed by atoms with van der Waals surface area (Å²) in [5.74, 6) is 0.663. The molecule has 3 aromatic carbocycles. The van der Waals surface area contributed by atoms with Crippen molar-refractivity contribution in [1.29, 1.82) is 0 Å². The van der Waals surface area contributed by atoms with E-state index in [1.54, 1.807) is 19.1 Å². The fraction of sp³-hybridized carbons (Fsp3) is 0.321. The van der Waals surface area contributed by atoms with E-state index in [4.69, 9.17) is 9.47 Å². The molecule has 6 rings (SSSR count). The van der Waals surface area contributed by atoms with Gasteiger partial charge in [0.1, 0.15) is 12.4 Å². The predicted octanol–water partition coefficient (Wildman–Crippen LogP) is 5.19. The summed E-state index contributed by atoms with van der Waals surface area (Å²) in [6.45, 7) is 0.226. The van der Waals surface area contributed by atoms with Gasteiger partial charge in [-0.15, -0.1) is 0 Å². The Bertz CT molecular complexity index is 1130. The van der Waals surface area contributed by atoms with E-state index in [2.05, 4.69) is 18.2 Å². The summed E-state index contributed by atoms with van der Waals surface area (Å²) in [6.07, 6.45) is 1.06. The largest absolute Gasteiger partial charge is 0.497 e. The van der Waals surface area contributed by atoms with Crippen molar-refractivity contribution in [3.05, 3.63) is 101 Å². The van der Waals surface area contributed by atoms with Crippen molar-refractivity contribution in [3.63, 3.8) is 0 Å². The summed E-state index contributed by atoms with van der Waals surface area (Å²) < 4.78 is 10.9. The van der Waals surface area contributed by atoms with E-state index in [1.165, 1.54) is 5.56 Å². The third-order valence-corrected chi connectivity index (χ3v) is 7.33. The lowest BCUT2D eigenvalue weighted by Gasteiger charge is -2.55. The summed E-state index contributed by atoms with van der Waals surface area (Å²) in [5.41, 5.74) is 3.12. The van der Waals surface area contributed by atoms with Crippen LogP contribution in [0.5, 0.6) is 5.75 Å². The highest BCUT2D eigenvalue weighted by Crippen LogP contribution is 2.59. The van der Waals surface area contributed by atoms with E-state index >= 15 is 0 Å². The van der Waals surface area contributed by atoms with Gasteiger partial charge in [0.15, 0.2) is 0 Å². The number of carbonyl (C=O) groups excluding carboxylic acids is 1. The quantitative estimate of drug-likeness (QED) is 0.589. The van der Waals surface area contributed by atoms with Crippen molar-refractivity contribution in [3.8, 4) is 5.75 Å².